The molecule has 2 heteroatoms. The summed E-state index contributed by atoms with van der Waals surface area (Å²) in [6.07, 6.45) is 19.3. The van der Waals surface area contributed by atoms with Crippen LogP contribution < -0.4 is 11.5 Å². The van der Waals surface area contributed by atoms with Crippen LogP contribution in [-0.4, -0.2) is 0 Å². The maximum absolute atomic E-state index is 5.96. The van der Waals surface area contributed by atoms with Crippen molar-refractivity contribution in [2.24, 2.45) is 5.92 Å². The van der Waals surface area contributed by atoms with Gasteiger partial charge in [0.1, 0.15) is 0 Å². The van der Waals surface area contributed by atoms with Gasteiger partial charge in [0.2, 0.25) is 0 Å². The van der Waals surface area contributed by atoms with E-state index < -0.39 is 0 Å². The van der Waals surface area contributed by atoms with Gasteiger partial charge in [-0.25, -0.2) is 0 Å². The molecule has 0 unspecified atom stereocenters. The van der Waals surface area contributed by atoms with E-state index in [1.165, 1.54) is 128 Å². The minimum atomic E-state index is 0.777. The van der Waals surface area contributed by atoms with Crippen molar-refractivity contribution in [3.63, 3.8) is 0 Å². The number of unbranched alkanes of at least 4 members (excludes halogenated alkanes) is 7. The fourth-order valence-corrected chi connectivity index (χ4v) is 6.66. The molecule has 0 heterocycles. The van der Waals surface area contributed by atoms with Crippen molar-refractivity contribution in [3.05, 3.63) is 129 Å². The molecule has 0 bridgehead atoms. The van der Waals surface area contributed by atoms with E-state index in [-0.39, 0.29) is 0 Å². The summed E-state index contributed by atoms with van der Waals surface area (Å²) in [6, 6.07) is 31.3. The van der Waals surface area contributed by atoms with Gasteiger partial charge in [-0.15, -0.1) is 0 Å². The number of anilines is 2. The molecule has 240 valence electrons. The van der Waals surface area contributed by atoms with Crippen LogP contribution in [0.5, 0.6) is 0 Å². The van der Waals surface area contributed by atoms with Crippen molar-refractivity contribution in [3.8, 4) is 0 Å². The Hall–Kier alpha value is -3.52. The van der Waals surface area contributed by atoms with Crippen molar-refractivity contribution < 1.29 is 0 Å². The molecule has 0 atom stereocenters. The van der Waals surface area contributed by atoms with Crippen LogP contribution in [0.2, 0.25) is 0 Å². The Labute approximate surface area is 274 Å². The molecule has 0 aliphatic carbocycles. The van der Waals surface area contributed by atoms with E-state index in [4.69, 9.17) is 11.5 Å². The molecule has 0 saturated carbocycles. The number of benzene rings is 4. The summed E-state index contributed by atoms with van der Waals surface area (Å²) in [5.41, 5.74) is 24.5. The minimum Gasteiger partial charge on any atom is -0.399 e. The van der Waals surface area contributed by atoms with Gasteiger partial charge >= 0.3 is 0 Å². The summed E-state index contributed by atoms with van der Waals surface area (Å²) < 4.78 is 0. The molecule has 4 aromatic rings. The number of hydrogen-bond acceptors (Lipinski definition) is 2. The second-order valence-corrected chi connectivity index (χ2v) is 13.6. The average Bonchev–Trinajstić information content (AvgIpc) is 3.03. The van der Waals surface area contributed by atoms with Crippen LogP contribution in [0.15, 0.2) is 84.9 Å². The maximum Gasteiger partial charge on any atom is 0.0316 e. The van der Waals surface area contributed by atoms with Crippen LogP contribution in [0.1, 0.15) is 122 Å². The Kier molecular flexibility index (Phi) is 14.1. The molecule has 0 saturated heterocycles. The Morgan fingerprint density at radius 2 is 0.867 bits per heavy atom. The van der Waals surface area contributed by atoms with E-state index in [1.807, 2.05) is 12.1 Å². The quantitative estimate of drug-likeness (QED) is 0.0828. The molecule has 4 N–H and O–H groups in total. The Balaban J connectivity index is 1.29. The molecule has 0 radical (unpaired) electrons. The van der Waals surface area contributed by atoms with Crippen LogP contribution >= 0.6 is 0 Å². The molecule has 0 aliphatic heterocycles. The zero-order valence-electron chi connectivity index (χ0n) is 28.4. The van der Waals surface area contributed by atoms with Crippen LogP contribution in [0.4, 0.5) is 11.4 Å². The lowest BCUT2D eigenvalue weighted by atomic mass is 9.88. The van der Waals surface area contributed by atoms with Gasteiger partial charge in [-0.05, 0) is 127 Å². The van der Waals surface area contributed by atoms with Crippen molar-refractivity contribution in [2.45, 2.75) is 117 Å². The van der Waals surface area contributed by atoms with Gasteiger partial charge in [-0.3, -0.25) is 0 Å². The Bertz CT molecular complexity index is 1320. The summed E-state index contributed by atoms with van der Waals surface area (Å²) in [5.74, 6) is 0.777. The molecule has 45 heavy (non-hydrogen) atoms. The van der Waals surface area contributed by atoms with Crippen LogP contribution in [-0.2, 0) is 25.7 Å². The zero-order chi connectivity index (χ0) is 31.9. The van der Waals surface area contributed by atoms with Gasteiger partial charge in [-0.2, -0.15) is 0 Å². The van der Waals surface area contributed by atoms with Gasteiger partial charge in [-0.1, -0.05) is 125 Å². The smallest absolute Gasteiger partial charge is 0.0316 e. The highest BCUT2D eigenvalue weighted by molar-refractivity contribution is 5.46. The van der Waals surface area contributed by atoms with Gasteiger partial charge in [0, 0.05) is 11.4 Å². The second-order valence-electron chi connectivity index (χ2n) is 13.6. The number of aryl methyl sites for hydroxylation is 4. The summed E-state index contributed by atoms with van der Waals surface area (Å²) in [4.78, 5) is 0. The van der Waals surface area contributed by atoms with E-state index >= 15 is 0 Å². The summed E-state index contributed by atoms with van der Waals surface area (Å²) in [6.45, 7) is 6.61. The number of nitrogens with two attached hydrogens (primary N) is 2. The molecule has 4 rings (SSSR count). The van der Waals surface area contributed by atoms with E-state index in [0.717, 1.165) is 30.1 Å². The summed E-state index contributed by atoms with van der Waals surface area (Å²) in [7, 11) is 0. The van der Waals surface area contributed by atoms with E-state index in [1.54, 1.807) is 0 Å². The largest absolute Gasteiger partial charge is 0.399 e. The fraction of sp³-hybridized carbons (Fsp3) is 0.442. The van der Waals surface area contributed by atoms with Crippen LogP contribution in [0.25, 0.3) is 0 Å². The molecule has 0 fully saturated rings. The highest BCUT2D eigenvalue weighted by Gasteiger charge is 2.11. The molecule has 0 aliphatic rings. The first-order valence-electron chi connectivity index (χ1n) is 17.7. The third kappa shape index (κ3) is 12.1. The lowest BCUT2D eigenvalue weighted by molar-refractivity contribution is 0.398. The second kappa shape index (κ2) is 18.4. The minimum absolute atomic E-state index is 0.777. The van der Waals surface area contributed by atoms with Crippen LogP contribution in [0.3, 0.4) is 0 Å². The lowest BCUT2D eigenvalue weighted by Gasteiger charge is -2.18. The predicted molar refractivity (Wildman–Crippen MR) is 197 cm³/mol. The Morgan fingerprint density at radius 1 is 0.467 bits per heavy atom. The highest BCUT2D eigenvalue weighted by atomic mass is 14.5. The van der Waals surface area contributed by atoms with Gasteiger partial charge in [0.15, 0.2) is 0 Å². The SMILES string of the molecule is CCCCCCCCCCC(CCc1ccc(Cc2ccc(N)cc2C)cc1)CCc1ccc(Cc2ccc(N)cc2C)cc1. The molecule has 2 nitrogen and oxygen atoms in total. The zero-order valence-corrected chi connectivity index (χ0v) is 28.4. The van der Waals surface area contributed by atoms with Gasteiger partial charge in [0.25, 0.3) is 0 Å². The van der Waals surface area contributed by atoms with Crippen molar-refractivity contribution in [1.29, 1.82) is 0 Å². The van der Waals surface area contributed by atoms with Crippen molar-refractivity contribution in [2.75, 3.05) is 11.5 Å². The summed E-state index contributed by atoms with van der Waals surface area (Å²) in [5, 5.41) is 0. The molecule has 0 amide bonds. The number of nitrogen functional groups attached to an aromatic ring is 2. The van der Waals surface area contributed by atoms with Gasteiger partial charge in [0.05, 0.1) is 0 Å². The van der Waals surface area contributed by atoms with Crippen molar-refractivity contribution >= 4 is 11.4 Å². The molecule has 0 spiro atoms. The first-order chi connectivity index (χ1) is 21.9. The third-order valence-electron chi connectivity index (χ3n) is 9.72. The van der Waals surface area contributed by atoms with Crippen LogP contribution in [0, 0.1) is 19.8 Å². The molecular formula is C43H58N2. The van der Waals surface area contributed by atoms with E-state index in [0.29, 0.717) is 0 Å². The lowest BCUT2D eigenvalue weighted by Crippen LogP contribution is -2.05. The number of hydrogen-bond donors (Lipinski definition) is 2. The Morgan fingerprint density at radius 3 is 1.29 bits per heavy atom. The van der Waals surface area contributed by atoms with E-state index in [2.05, 4.69) is 93.6 Å². The van der Waals surface area contributed by atoms with Crippen molar-refractivity contribution in [1.82, 2.24) is 0 Å². The predicted octanol–water partition coefficient (Wildman–Crippen LogP) is 11.4. The first kappa shape index (κ1) is 34.4. The molecular weight excluding hydrogens is 544 g/mol. The monoisotopic (exact) mass is 602 g/mol. The van der Waals surface area contributed by atoms with Gasteiger partial charge < -0.3 is 11.5 Å². The average molecular weight is 603 g/mol. The normalized spacial score (nSPS) is 11.4. The third-order valence-corrected chi connectivity index (χ3v) is 9.72. The summed E-state index contributed by atoms with van der Waals surface area (Å²) >= 11 is 0. The molecule has 0 aromatic heterocycles. The topological polar surface area (TPSA) is 52.0 Å². The first-order valence-corrected chi connectivity index (χ1v) is 17.7. The molecule has 4 aromatic carbocycles. The maximum atomic E-state index is 5.96. The standard InChI is InChI=1S/C43H58N2/c1-4-5-6-7-8-9-10-11-12-35(13-15-36-17-21-38(22-18-36)31-40-25-27-42(44)29-33(40)2)14-16-37-19-23-39(24-20-37)32-41-26-28-43(45)30-34(41)3/h17-30,35H,4-16,31-32,44-45H2,1-3H3. The van der Waals surface area contributed by atoms with E-state index in [9.17, 15) is 0 Å². The fourth-order valence-electron chi connectivity index (χ4n) is 6.66. The highest BCUT2D eigenvalue weighted by Crippen LogP contribution is 2.25. The number of rotatable bonds is 19.